The van der Waals surface area contributed by atoms with E-state index in [1.807, 2.05) is 6.07 Å². The number of ether oxygens (including phenoxy) is 2. The number of likely N-dealkylation sites (tertiary alicyclic amines) is 1. The molecule has 0 radical (unpaired) electrons. The first-order valence-corrected chi connectivity index (χ1v) is 9.70. The van der Waals surface area contributed by atoms with Crippen molar-refractivity contribution < 1.29 is 9.47 Å². The van der Waals surface area contributed by atoms with Crippen LogP contribution in [0.5, 0.6) is 11.5 Å². The Morgan fingerprint density at radius 3 is 2.81 bits per heavy atom. The molecule has 26 heavy (non-hydrogen) atoms. The first-order chi connectivity index (χ1) is 12.3. The van der Waals surface area contributed by atoms with E-state index in [0.29, 0.717) is 12.2 Å². The van der Waals surface area contributed by atoms with Crippen molar-refractivity contribution in [1.29, 1.82) is 0 Å². The van der Waals surface area contributed by atoms with E-state index in [2.05, 4.69) is 29.3 Å². The minimum absolute atomic E-state index is 0. The predicted octanol–water partition coefficient (Wildman–Crippen LogP) is 3.81. The maximum absolute atomic E-state index is 5.46. The summed E-state index contributed by atoms with van der Waals surface area (Å²) in [7, 11) is 0. The van der Waals surface area contributed by atoms with Crippen LogP contribution < -0.4 is 14.8 Å². The summed E-state index contributed by atoms with van der Waals surface area (Å²) in [5.41, 5.74) is 1.82. The molecule has 1 saturated carbocycles. The normalized spacial score (nSPS) is 20.5. The molecule has 1 spiro atoms. The van der Waals surface area contributed by atoms with Gasteiger partial charge < -0.3 is 19.7 Å². The SMILES string of the molecule is CCNC(=NCCc1ccc2c(c1)OCO2)N1CCC2(CCCC2)C1.I. The van der Waals surface area contributed by atoms with Gasteiger partial charge in [0.1, 0.15) is 0 Å². The molecule has 4 rings (SSSR count). The van der Waals surface area contributed by atoms with Crippen molar-refractivity contribution in [3.05, 3.63) is 23.8 Å². The van der Waals surface area contributed by atoms with Gasteiger partial charge in [0.2, 0.25) is 6.79 Å². The van der Waals surface area contributed by atoms with Crippen LogP contribution in [0, 0.1) is 5.41 Å². The van der Waals surface area contributed by atoms with Crippen molar-refractivity contribution in [1.82, 2.24) is 10.2 Å². The van der Waals surface area contributed by atoms with Gasteiger partial charge >= 0.3 is 0 Å². The molecule has 0 unspecified atom stereocenters. The third-order valence-electron chi connectivity index (χ3n) is 5.84. The highest BCUT2D eigenvalue weighted by molar-refractivity contribution is 14.0. The number of hydrogen-bond donors (Lipinski definition) is 1. The molecule has 0 bridgehead atoms. The van der Waals surface area contributed by atoms with Gasteiger partial charge in [0, 0.05) is 26.2 Å². The largest absolute Gasteiger partial charge is 0.454 e. The van der Waals surface area contributed by atoms with Crippen LogP contribution in [-0.4, -0.2) is 43.8 Å². The lowest BCUT2D eigenvalue weighted by atomic mass is 9.86. The number of halogens is 1. The van der Waals surface area contributed by atoms with E-state index in [9.17, 15) is 0 Å². The van der Waals surface area contributed by atoms with Gasteiger partial charge in [0.25, 0.3) is 0 Å². The number of rotatable bonds is 4. The molecule has 2 aliphatic heterocycles. The number of hydrogen-bond acceptors (Lipinski definition) is 3. The second kappa shape index (κ2) is 8.67. The first-order valence-electron chi connectivity index (χ1n) is 9.70. The lowest BCUT2D eigenvalue weighted by molar-refractivity contribution is 0.174. The maximum Gasteiger partial charge on any atom is 0.231 e. The highest BCUT2D eigenvalue weighted by Gasteiger charge is 2.41. The summed E-state index contributed by atoms with van der Waals surface area (Å²) >= 11 is 0. The van der Waals surface area contributed by atoms with Gasteiger partial charge in [-0.15, -0.1) is 24.0 Å². The summed E-state index contributed by atoms with van der Waals surface area (Å²) < 4.78 is 10.8. The van der Waals surface area contributed by atoms with E-state index in [0.717, 1.165) is 43.5 Å². The lowest BCUT2D eigenvalue weighted by Crippen LogP contribution is -2.41. The first kappa shape index (κ1) is 19.6. The van der Waals surface area contributed by atoms with Crippen LogP contribution in [0.1, 0.15) is 44.6 Å². The molecule has 0 amide bonds. The van der Waals surface area contributed by atoms with E-state index in [-0.39, 0.29) is 24.0 Å². The number of fused-ring (bicyclic) bond motifs is 1. The molecule has 0 aromatic heterocycles. The molecule has 6 heteroatoms. The average Bonchev–Trinajstić information content (AvgIpc) is 3.36. The van der Waals surface area contributed by atoms with Crippen molar-refractivity contribution in [3.8, 4) is 11.5 Å². The van der Waals surface area contributed by atoms with Crippen LogP contribution in [0.4, 0.5) is 0 Å². The van der Waals surface area contributed by atoms with Crippen LogP contribution >= 0.6 is 24.0 Å². The lowest BCUT2D eigenvalue weighted by Gasteiger charge is -2.26. The number of nitrogens with zero attached hydrogens (tertiary/aromatic N) is 2. The van der Waals surface area contributed by atoms with Gasteiger partial charge in [-0.05, 0) is 55.7 Å². The fourth-order valence-corrected chi connectivity index (χ4v) is 4.46. The molecular weight excluding hydrogens is 441 g/mol. The van der Waals surface area contributed by atoms with E-state index in [4.69, 9.17) is 14.5 Å². The van der Waals surface area contributed by atoms with Gasteiger partial charge in [0.15, 0.2) is 17.5 Å². The van der Waals surface area contributed by atoms with Crippen molar-refractivity contribution in [2.45, 2.75) is 45.4 Å². The minimum atomic E-state index is 0. The molecule has 1 aromatic carbocycles. The Balaban J connectivity index is 0.00000196. The molecule has 144 valence electrons. The number of nitrogens with one attached hydrogen (secondary N) is 1. The zero-order chi connectivity index (χ0) is 17.1. The molecule has 1 saturated heterocycles. The summed E-state index contributed by atoms with van der Waals surface area (Å²) in [5, 5.41) is 3.49. The summed E-state index contributed by atoms with van der Waals surface area (Å²) in [4.78, 5) is 7.38. The summed E-state index contributed by atoms with van der Waals surface area (Å²) in [5.74, 6) is 2.79. The second-order valence-electron chi connectivity index (χ2n) is 7.55. The minimum Gasteiger partial charge on any atom is -0.454 e. The highest BCUT2D eigenvalue weighted by Crippen LogP contribution is 2.45. The Bertz CT molecular complexity index is 644. The standard InChI is InChI=1S/C20H29N3O2.HI/c1-2-21-19(23-12-10-20(14-23)8-3-4-9-20)22-11-7-16-5-6-17-18(13-16)25-15-24-17;/h5-6,13H,2-4,7-12,14-15H2,1H3,(H,21,22);1H. The van der Waals surface area contributed by atoms with Crippen molar-refractivity contribution >= 4 is 29.9 Å². The smallest absolute Gasteiger partial charge is 0.231 e. The van der Waals surface area contributed by atoms with E-state index in [1.165, 1.54) is 44.2 Å². The van der Waals surface area contributed by atoms with Crippen LogP contribution in [0.15, 0.2) is 23.2 Å². The molecular formula is C20H30IN3O2. The van der Waals surface area contributed by atoms with Crippen LogP contribution in [0.25, 0.3) is 0 Å². The monoisotopic (exact) mass is 471 g/mol. The predicted molar refractivity (Wildman–Crippen MR) is 115 cm³/mol. The Morgan fingerprint density at radius 1 is 1.19 bits per heavy atom. The van der Waals surface area contributed by atoms with Gasteiger partial charge in [-0.1, -0.05) is 18.9 Å². The van der Waals surface area contributed by atoms with Gasteiger partial charge in [-0.3, -0.25) is 4.99 Å². The van der Waals surface area contributed by atoms with Crippen molar-refractivity contribution in [3.63, 3.8) is 0 Å². The Kier molecular flexibility index (Phi) is 6.53. The molecule has 0 atom stereocenters. The fourth-order valence-electron chi connectivity index (χ4n) is 4.46. The summed E-state index contributed by atoms with van der Waals surface area (Å²) in [6, 6.07) is 6.18. The molecule has 1 aliphatic carbocycles. The van der Waals surface area contributed by atoms with Gasteiger partial charge in [0.05, 0.1) is 0 Å². The van der Waals surface area contributed by atoms with E-state index < -0.39 is 0 Å². The zero-order valence-electron chi connectivity index (χ0n) is 15.6. The van der Waals surface area contributed by atoms with Crippen LogP contribution in [0.2, 0.25) is 0 Å². The highest BCUT2D eigenvalue weighted by atomic mass is 127. The summed E-state index contributed by atoms with van der Waals surface area (Å²) in [6.45, 7) is 6.53. The second-order valence-corrected chi connectivity index (χ2v) is 7.55. The van der Waals surface area contributed by atoms with E-state index >= 15 is 0 Å². The number of guanidine groups is 1. The Labute approximate surface area is 173 Å². The van der Waals surface area contributed by atoms with Crippen molar-refractivity contribution in [2.75, 3.05) is 33.0 Å². The summed E-state index contributed by atoms with van der Waals surface area (Å²) in [6.07, 6.45) is 7.88. The number of aliphatic imine (C=N–C) groups is 1. The zero-order valence-corrected chi connectivity index (χ0v) is 18.0. The molecule has 1 N–H and O–H groups in total. The molecule has 3 aliphatic rings. The van der Waals surface area contributed by atoms with Gasteiger partial charge in [-0.25, -0.2) is 0 Å². The topological polar surface area (TPSA) is 46.1 Å². The quantitative estimate of drug-likeness (QED) is 0.412. The molecule has 1 aromatic rings. The fraction of sp³-hybridized carbons (Fsp3) is 0.650. The number of benzene rings is 1. The third-order valence-corrected chi connectivity index (χ3v) is 5.84. The average molecular weight is 471 g/mol. The maximum atomic E-state index is 5.46. The van der Waals surface area contributed by atoms with E-state index in [1.54, 1.807) is 0 Å². The van der Waals surface area contributed by atoms with Crippen molar-refractivity contribution in [2.24, 2.45) is 10.4 Å². The van der Waals surface area contributed by atoms with Crippen LogP contribution in [-0.2, 0) is 6.42 Å². The van der Waals surface area contributed by atoms with Crippen LogP contribution in [0.3, 0.4) is 0 Å². The molecule has 2 fully saturated rings. The Hall–Kier alpha value is -1.18. The molecule has 5 nitrogen and oxygen atoms in total. The van der Waals surface area contributed by atoms with Gasteiger partial charge in [-0.2, -0.15) is 0 Å². The third kappa shape index (κ3) is 4.21. The molecule has 2 heterocycles. The Morgan fingerprint density at radius 2 is 2.00 bits per heavy atom.